The molecule has 9 heteroatoms. The van der Waals surface area contributed by atoms with Gasteiger partial charge in [-0.15, -0.1) is 0 Å². The Morgan fingerprint density at radius 1 is 1.00 bits per heavy atom. The van der Waals surface area contributed by atoms with Crippen molar-refractivity contribution in [1.82, 2.24) is 19.5 Å². The van der Waals surface area contributed by atoms with Gasteiger partial charge in [0.15, 0.2) is 5.16 Å². The maximum Gasteiger partial charge on any atom is 0.323 e. The number of aromatic amines is 2. The fourth-order valence-electron chi connectivity index (χ4n) is 3.64. The number of H-pyrrole nitrogens is 2. The SMILES string of the molecule is Cc1cccc(-n2c(SCC(=O)Nc3ccc4[nH]c(=O)[nH]c4c3)nc3ccccc3c2=O)c1. The van der Waals surface area contributed by atoms with Crippen LogP contribution in [0.2, 0.25) is 0 Å². The minimum atomic E-state index is -0.305. The van der Waals surface area contributed by atoms with Crippen LogP contribution in [0, 0.1) is 6.92 Å². The third-order valence-corrected chi connectivity index (χ3v) is 6.08. The predicted octanol–water partition coefficient (Wildman–Crippen LogP) is 3.59. The molecule has 2 heterocycles. The minimum absolute atomic E-state index is 0.0539. The van der Waals surface area contributed by atoms with Crippen LogP contribution in [-0.4, -0.2) is 31.2 Å². The van der Waals surface area contributed by atoms with Crippen molar-refractivity contribution in [2.75, 3.05) is 11.1 Å². The molecule has 0 aliphatic carbocycles. The largest absolute Gasteiger partial charge is 0.325 e. The summed E-state index contributed by atoms with van der Waals surface area (Å²) >= 11 is 1.19. The molecule has 0 saturated carbocycles. The smallest absolute Gasteiger partial charge is 0.323 e. The van der Waals surface area contributed by atoms with Crippen molar-refractivity contribution >= 4 is 45.3 Å². The normalized spacial score (nSPS) is 11.2. The highest BCUT2D eigenvalue weighted by atomic mass is 32.2. The van der Waals surface area contributed by atoms with E-state index in [1.54, 1.807) is 41.0 Å². The maximum absolute atomic E-state index is 13.3. The van der Waals surface area contributed by atoms with Crippen molar-refractivity contribution in [3.05, 3.63) is 93.1 Å². The Morgan fingerprint density at radius 3 is 2.67 bits per heavy atom. The Kier molecular flexibility index (Phi) is 5.31. The van der Waals surface area contributed by atoms with E-state index in [0.717, 1.165) is 5.56 Å². The summed E-state index contributed by atoms with van der Waals surface area (Å²) in [5.41, 5.74) is 3.63. The third kappa shape index (κ3) is 4.18. The molecule has 0 aliphatic heterocycles. The van der Waals surface area contributed by atoms with Crippen LogP contribution in [-0.2, 0) is 4.79 Å². The first-order valence-electron chi connectivity index (χ1n) is 10.2. The van der Waals surface area contributed by atoms with Crippen LogP contribution < -0.4 is 16.6 Å². The lowest BCUT2D eigenvalue weighted by molar-refractivity contribution is -0.113. The molecule has 5 rings (SSSR count). The topological polar surface area (TPSA) is 113 Å². The van der Waals surface area contributed by atoms with E-state index in [4.69, 9.17) is 0 Å². The van der Waals surface area contributed by atoms with Crippen LogP contribution in [0.4, 0.5) is 5.69 Å². The number of amides is 1. The van der Waals surface area contributed by atoms with Gasteiger partial charge in [-0.25, -0.2) is 9.78 Å². The van der Waals surface area contributed by atoms with Crippen molar-refractivity contribution in [1.29, 1.82) is 0 Å². The third-order valence-electron chi connectivity index (χ3n) is 5.14. The number of benzene rings is 3. The number of fused-ring (bicyclic) bond motifs is 2. The van der Waals surface area contributed by atoms with Gasteiger partial charge < -0.3 is 15.3 Å². The zero-order valence-electron chi connectivity index (χ0n) is 17.6. The van der Waals surface area contributed by atoms with Crippen LogP contribution >= 0.6 is 11.8 Å². The lowest BCUT2D eigenvalue weighted by Crippen LogP contribution is -2.23. The Morgan fingerprint density at radius 2 is 1.82 bits per heavy atom. The lowest BCUT2D eigenvalue weighted by Gasteiger charge is -2.13. The second-order valence-corrected chi connectivity index (χ2v) is 8.51. The van der Waals surface area contributed by atoms with Crippen molar-refractivity contribution in [2.45, 2.75) is 12.1 Å². The van der Waals surface area contributed by atoms with E-state index in [0.29, 0.717) is 38.5 Å². The minimum Gasteiger partial charge on any atom is -0.325 e. The van der Waals surface area contributed by atoms with E-state index >= 15 is 0 Å². The molecule has 0 spiro atoms. The first-order valence-corrected chi connectivity index (χ1v) is 11.2. The number of aromatic nitrogens is 4. The molecule has 3 N–H and O–H groups in total. The fourth-order valence-corrected chi connectivity index (χ4v) is 4.45. The Bertz CT molecular complexity index is 1630. The predicted molar refractivity (Wildman–Crippen MR) is 130 cm³/mol. The number of rotatable bonds is 5. The first kappa shape index (κ1) is 20.8. The standard InChI is InChI=1S/C24H19N5O3S/c1-14-5-4-6-16(11-14)29-22(31)17-7-2-3-8-18(17)28-24(29)33-13-21(30)25-15-9-10-19-20(12-15)27-23(32)26-19/h2-12H,13H2,1H3,(H,25,30)(H2,26,27,32). The Labute approximate surface area is 191 Å². The highest BCUT2D eigenvalue weighted by molar-refractivity contribution is 7.99. The molecule has 0 atom stereocenters. The van der Waals surface area contributed by atoms with E-state index in [-0.39, 0.29) is 22.9 Å². The summed E-state index contributed by atoms with van der Waals surface area (Å²) < 4.78 is 1.55. The van der Waals surface area contributed by atoms with E-state index in [2.05, 4.69) is 20.3 Å². The van der Waals surface area contributed by atoms with Gasteiger partial charge >= 0.3 is 5.69 Å². The van der Waals surface area contributed by atoms with Crippen LogP contribution in [0.1, 0.15) is 5.56 Å². The Balaban J connectivity index is 1.45. The molecule has 2 aromatic heterocycles. The monoisotopic (exact) mass is 457 g/mol. The summed E-state index contributed by atoms with van der Waals surface area (Å²) in [5.74, 6) is -0.200. The van der Waals surface area contributed by atoms with Gasteiger partial charge in [0.25, 0.3) is 5.56 Å². The number of nitrogens with one attached hydrogen (secondary N) is 3. The van der Waals surface area contributed by atoms with Gasteiger partial charge in [0.2, 0.25) is 5.91 Å². The summed E-state index contributed by atoms with van der Waals surface area (Å²) in [4.78, 5) is 47.4. The summed E-state index contributed by atoms with van der Waals surface area (Å²) in [6.45, 7) is 1.96. The average molecular weight is 458 g/mol. The highest BCUT2D eigenvalue weighted by Crippen LogP contribution is 2.22. The number of hydrogen-bond donors (Lipinski definition) is 3. The molecule has 33 heavy (non-hydrogen) atoms. The zero-order chi connectivity index (χ0) is 22.9. The quantitative estimate of drug-likeness (QED) is 0.276. The summed E-state index contributed by atoms with van der Waals surface area (Å²) in [7, 11) is 0. The van der Waals surface area contributed by atoms with Gasteiger partial charge in [-0.3, -0.25) is 14.2 Å². The van der Waals surface area contributed by atoms with Gasteiger partial charge in [-0.05, 0) is 55.0 Å². The molecule has 0 bridgehead atoms. The molecular formula is C24H19N5O3S. The number of nitrogens with zero attached hydrogens (tertiary/aromatic N) is 2. The number of carbonyl (C=O) groups excluding carboxylic acids is 1. The van der Waals surface area contributed by atoms with Crippen molar-refractivity contribution < 1.29 is 4.79 Å². The molecule has 0 radical (unpaired) electrons. The van der Waals surface area contributed by atoms with Crippen molar-refractivity contribution in [2.24, 2.45) is 0 Å². The van der Waals surface area contributed by atoms with Gasteiger partial charge in [0, 0.05) is 5.69 Å². The van der Waals surface area contributed by atoms with Gasteiger partial charge in [0.1, 0.15) is 0 Å². The van der Waals surface area contributed by atoms with E-state index < -0.39 is 0 Å². The maximum atomic E-state index is 13.3. The molecule has 164 valence electrons. The molecule has 0 saturated heterocycles. The number of imidazole rings is 1. The van der Waals surface area contributed by atoms with E-state index in [1.807, 2.05) is 37.3 Å². The second-order valence-electron chi connectivity index (χ2n) is 7.57. The van der Waals surface area contributed by atoms with Crippen LogP contribution in [0.5, 0.6) is 0 Å². The molecule has 0 unspecified atom stereocenters. The fraction of sp³-hybridized carbons (Fsp3) is 0.0833. The van der Waals surface area contributed by atoms with Crippen LogP contribution in [0.15, 0.2) is 81.5 Å². The number of anilines is 1. The Hall–Kier alpha value is -4.11. The molecule has 8 nitrogen and oxygen atoms in total. The number of aryl methyl sites for hydroxylation is 1. The molecule has 1 amide bonds. The lowest BCUT2D eigenvalue weighted by atomic mass is 10.2. The van der Waals surface area contributed by atoms with Crippen molar-refractivity contribution in [3.8, 4) is 5.69 Å². The molecule has 0 fully saturated rings. The van der Waals surface area contributed by atoms with Crippen LogP contribution in [0.25, 0.3) is 27.6 Å². The number of hydrogen-bond acceptors (Lipinski definition) is 5. The molecular weight excluding hydrogens is 438 g/mol. The van der Waals surface area contributed by atoms with Gasteiger partial charge in [-0.2, -0.15) is 0 Å². The summed E-state index contributed by atoms with van der Waals surface area (Å²) in [5, 5.41) is 3.77. The summed E-state index contributed by atoms with van der Waals surface area (Å²) in [6, 6.07) is 19.9. The molecule has 5 aromatic rings. The molecule has 3 aromatic carbocycles. The average Bonchev–Trinajstić information content (AvgIpc) is 3.17. The van der Waals surface area contributed by atoms with Gasteiger partial charge in [-0.1, -0.05) is 36.0 Å². The number of para-hydroxylation sites is 1. The van der Waals surface area contributed by atoms with E-state index in [1.165, 1.54) is 11.8 Å². The van der Waals surface area contributed by atoms with Crippen LogP contribution in [0.3, 0.4) is 0 Å². The number of carbonyl (C=O) groups is 1. The number of thioether (sulfide) groups is 1. The molecule has 0 aliphatic rings. The zero-order valence-corrected chi connectivity index (χ0v) is 18.4. The van der Waals surface area contributed by atoms with Gasteiger partial charge in [0.05, 0.1) is 33.4 Å². The summed E-state index contributed by atoms with van der Waals surface area (Å²) in [6.07, 6.45) is 0. The van der Waals surface area contributed by atoms with Crippen molar-refractivity contribution in [3.63, 3.8) is 0 Å². The van der Waals surface area contributed by atoms with E-state index in [9.17, 15) is 14.4 Å². The second kappa shape index (κ2) is 8.44. The first-order chi connectivity index (χ1) is 16.0. The highest BCUT2D eigenvalue weighted by Gasteiger charge is 2.15.